The van der Waals surface area contributed by atoms with E-state index in [1.165, 1.54) is 6.07 Å². The Bertz CT molecular complexity index is 659. The summed E-state index contributed by atoms with van der Waals surface area (Å²) in [4.78, 5) is 23.4. The Labute approximate surface area is 115 Å². The summed E-state index contributed by atoms with van der Waals surface area (Å²) >= 11 is 0. The first-order chi connectivity index (χ1) is 9.50. The van der Waals surface area contributed by atoms with Crippen molar-refractivity contribution in [1.82, 2.24) is 5.32 Å². The van der Waals surface area contributed by atoms with Gasteiger partial charge in [-0.15, -0.1) is 0 Å². The Morgan fingerprint density at radius 2 is 1.75 bits per heavy atom. The quantitative estimate of drug-likeness (QED) is 0.790. The number of aliphatic hydroxyl groups is 1. The molecule has 5 nitrogen and oxygen atoms in total. The molecule has 3 N–H and O–H groups in total. The number of fused-ring (bicyclic) bond motifs is 1. The average molecular weight is 273 g/mol. The number of carbonyl (C=O) groups is 2. The Hall–Kier alpha value is -2.40. The van der Waals surface area contributed by atoms with E-state index in [0.717, 1.165) is 0 Å². The fourth-order valence-corrected chi connectivity index (χ4v) is 2.04. The van der Waals surface area contributed by atoms with Gasteiger partial charge in [-0.2, -0.15) is 0 Å². The van der Waals surface area contributed by atoms with Crippen molar-refractivity contribution in [3.05, 3.63) is 47.5 Å². The van der Waals surface area contributed by atoms with Crippen molar-refractivity contribution < 1.29 is 19.8 Å². The van der Waals surface area contributed by atoms with Crippen molar-refractivity contribution in [3.63, 3.8) is 0 Å². The van der Waals surface area contributed by atoms with Crippen molar-refractivity contribution in [2.24, 2.45) is 0 Å². The fourth-order valence-electron chi connectivity index (χ4n) is 2.04. The molecule has 0 unspecified atom stereocenters. The first-order valence-corrected chi connectivity index (χ1v) is 6.22. The molecule has 0 aliphatic rings. The van der Waals surface area contributed by atoms with Crippen LogP contribution in [0.25, 0.3) is 10.8 Å². The van der Waals surface area contributed by atoms with Crippen LogP contribution in [0.2, 0.25) is 0 Å². The normalized spacial score (nSPS) is 12.1. The predicted octanol–water partition coefficient (Wildman–Crippen LogP) is 1.65. The highest BCUT2D eigenvalue weighted by molar-refractivity contribution is 6.14. The van der Waals surface area contributed by atoms with E-state index in [1.807, 2.05) is 0 Å². The Balaban J connectivity index is 2.53. The van der Waals surface area contributed by atoms with Crippen molar-refractivity contribution >= 4 is 22.6 Å². The van der Waals surface area contributed by atoms with Gasteiger partial charge in [0.15, 0.2) is 0 Å². The van der Waals surface area contributed by atoms with Crippen molar-refractivity contribution in [2.45, 2.75) is 13.0 Å². The maximum Gasteiger partial charge on any atom is 0.336 e. The van der Waals surface area contributed by atoms with Crippen LogP contribution in [0.1, 0.15) is 27.6 Å². The highest BCUT2D eigenvalue weighted by atomic mass is 16.4. The van der Waals surface area contributed by atoms with Gasteiger partial charge in [0.25, 0.3) is 5.91 Å². The predicted molar refractivity (Wildman–Crippen MR) is 74.9 cm³/mol. The van der Waals surface area contributed by atoms with Crippen molar-refractivity contribution in [3.8, 4) is 0 Å². The number of hydrogen-bond donors (Lipinski definition) is 3. The molecular weight excluding hydrogens is 258 g/mol. The van der Waals surface area contributed by atoms with Crippen molar-refractivity contribution in [2.75, 3.05) is 6.54 Å². The lowest BCUT2D eigenvalue weighted by Crippen LogP contribution is -2.30. The third-order valence-corrected chi connectivity index (χ3v) is 2.94. The largest absolute Gasteiger partial charge is 0.478 e. The van der Waals surface area contributed by atoms with E-state index in [4.69, 9.17) is 0 Å². The molecule has 2 aromatic rings. The summed E-state index contributed by atoms with van der Waals surface area (Å²) in [6.45, 7) is 1.68. The van der Waals surface area contributed by atoms with E-state index in [9.17, 15) is 19.8 Å². The Morgan fingerprint density at radius 1 is 1.15 bits per heavy atom. The summed E-state index contributed by atoms with van der Waals surface area (Å²) in [6.07, 6.45) is -0.659. The lowest BCUT2D eigenvalue weighted by Gasteiger charge is -2.11. The summed E-state index contributed by atoms with van der Waals surface area (Å²) in [5.74, 6) is -1.48. The lowest BCUT2D eigenvalue weighted by atomic mass is 9.98. The SMILES string of the molecule is C[C@H](O)CNC(=O)c1cccc2cccc(C(=O)O)c12. The second kappa shape index (κ2) is 5.71. The Morgan fingerprint density at radius 3 is 2.30 bits per heavy atom. The molecule has 104 valence electrons. The number of aliphatic hydroxyl groups excluding tert-OH is 1. The Kier molecular flexibility index (Phi) is 4.00. The van der Waals surface area contributed by atoms with E-state index in [2.05, 4.69) is 5.32 Å². The van der Waals surface area contributed by atoms with Crippen LogP contribution in [0.4, 0.5) is 0 Å². The summed E-state index contributed by atoms with van der Waals surface area (Å²) in [5.41, 5.74) is 0.381. The van der Waals surface area contributed by atoms with E-state index < -0.39 is 18.0 Å². The molecule has 0 fully saturated rings. The molecule has 0 saturated carbocycles. The third-order valence-electron chi connectivity index (χ3n) is 2.94. The zero-order valence-electron chi connectivity index (χ0n) is 11.0. The van der Waals surface area contributed by atoms with Gasteiger partial charge >= 0.3 is 5.97 Å². The number of amides is 1. The van der Waals surface area contributed by atoms with Gasteiger partial charge in [0, 0.05) is 17.5 Å². The highest BCUT2D eigenvalue weighted by Gasteiger charge is 2.16. The molecule has 5 heteroatoms. The van der Waals surface area contributed by atoms with Gasteiger partial charge in [0.1, 0.15) is 0 Å². The molecule has 0 aromatic heterocycles. The molecule has 0 spiro atoms. The number of carboxylic acids is 1. The minimum atomic E-state index is -1.08. The molecule has 1 amide bonds. The molecule has 2 aromatic carbocycles. The smallest absolute Gasteiger partial charge is 0.336 e. The van der Waals surface area contributed by atoms with Crippen LogP contribution >= 0.6 is 0 Å². The molecule has 0 saturated heterocycles. The number of nitrogens with one attached hydrogen (secondary N) is 1. The van der Waals surface area contributed by atoms with Crippen LogP contribution in [0.15, 0.2) is 36.4 Å². The molecule has 2 rings (SSSR count). The van der Waals surface area contributed by atoms with Gasteiger partial charge in [0.2, 0.25) is 0 Å². The van der Waals surface area contributed by atoms with Crippen LogP contribution in [-0.4, -0.2) is 34.7 Å². The number of aromatic carboxylic acids is 1. The summed E-state index contributed by atoms with van der Waals surface area (Å²) in [7, 11) is 0. The zero-order valence-corrected chi connectivity index (χ0v) is 11.0. The summed E-state index contributed by atoms with van der Waals surface area (Å²) in [6, 6.07) is 9.90. The molecular formula is C15H15NO4. The van der Waals surface area contributed by atoms with Crippen LogP contribution in [0.5, 0.6) is 0 Å². The summed E-state index contributed by atoms with van der Waals surface area (Å²) < 4.78 is 0. The van der Waals surface area contributed by atoms with Gasteiger partial charge in [-0.3, -0.25) is 4.79 Å². The van der Waals surface area contributed by atoms with Gasteiger partial charge < -0.3 is 15.5 Å². The third kappa shape index (κ3) is 2.78. The van der Waals surface area contributed by atoms with Crippen LogP contribution in [0, 0.1) is 0 Å². The second-order valence-corrected chi connectivity index (χ2v) is 4.57. The van der Waals surface area contributed by atoms with Gasteiger partial charge in [0.05, 0.1) is 11.7 Å². The van der Waals surface area contributed by atoms with E-state index in [-0.39, 0.29) is 12.1 Å². The molecule has 0 aliphatic heterocycles. The van der Waals surface area contributed by atoms with Crippen LogP contribution < -0.4 is 5.32 Å². The summed E-state index contributed by atoms with van der Waals surface area (Å²) in [5, 5.41) is 22.1. The first kappa shape index (κ1) is 14.0. The topological polar surface area (TPSA) is 86.6 Å². The maximum absolute atomic E-state index is 12.1. The van der Waals surface area contributed by atoms with Gasteiger partial charge in [-0.1, -0.05) is 24.3 Å². The van der Waals surface area contributed by atoms with E-state index >= 15 is 0 Å². The van der Waals surface area contributed by atoms with E-state index in [1.54, 1.807) is 37.3 Å². The van der Waals surface area contributed by atoms with Crippen LogP contribution in [-0.2, 0) is 0 Å². The highest BCUT2D eigenvalue weighted by Crippen LogP contribution is 2.23. The first-order valence-electron chi connectivity index (χ1n) is 6.22. The monoisotopic (exact) mass is 273 g/mol. The number of benzene rings is 2. The van der Waals surface area contributed by atoms with Crippen LogP contribution in [0.3, 0.4) is 0 Å². The number of hydrogen-bond acceptors (Lipinski definition) is 3. The average Bonchev–Trinajstić information content (AvgIpc) is 2.43. The fraction of sp³-hybridized carbons (Fsp3) is 0.200. The maximum atomic E-state index is 12.1. The second-order valence-electron chi connectivity index (χ2n) is 4.57. The minimum absolute atomic E-state index is 0.0882. The zero-order chi connectivity index (χ0) is 14.7. The standard InChI is InChI=1S/C15H15NO4/c1-9(17)8-16-14(18)11-6-2-4-10-5-3-7-12(13(10)11)15(19)20/h2-7,9,17H,8H2,1H3,(H,16,18)(H,19,20)/t9-/m0/s1. The van der Waals surface area contributed by atoms with Gasteiger partial charge in [-0.05, 0) is 24.4 Å². The molecule has 0 heterocycles. The number of carboxylic acid groups (broad SMARTS) is 1. The van der Waals surface area contributed by atoms with E-state index in [0.29, 0.717) is 16.3 Å². The molecule has 0 bridgehead atoms. The van der Waals surface area contributed by atoms with Crippen molar-refractivity contribution in [1.29, 1.82) is 0 Å². The minimum Gasteiger partial charge on any atom is -0.478 e. The number of rotatable bonds is 4. The number of carbonyl (C=O) groups excluding carboxylic acids is 1. The molecule has 1 atom stereocenters. The lowest BCUT2D eigenvalue weighted by molar-refractivity contribution is 0.0699. The molecule has 0 radical (unpaired) electrons. The molecule has 0 aliphatic carbocycles. The van der Waals surface area contributed by atoms with Gasteiger partial charge in [-0.25, -0.2) is 4.79 Å². The molecule has 20 heavy (non-hydrogen) atoms.